The van der Waals surface area contributed by atoms with Gasteiger partial charge >= 0.3 is 0 Å². The molecular formula is C4H7BrClN3. The van der Waals surface area contributed by atoms with Gasteiger partial charge in [-0.15, -0.1) is 12.4 Å². The van der Waals surface area contributed by atoms with Gasteiger partial charge in [0.2, 0.25) is 0 Å². The summed E-state index contributed by atoms with van der Waals surface area (Å²) in [4.78, 5) is 0. The molecule has 0 aromatic carbocycles. The van der Waals surface area contributed by atoms with E-state index in [1.54, 1.807) is 17.9 Å². The molecule has 0 fully saturated rings. The predicted molar refractivity (Wildman–Crippen MR) is 42.6 cm³/mol. The van der Waals surface area contributed by atoms with Gasteiger partial charge in [0.25, 0.3) is 0 Å². The van der Waals surface area contributed by atoms with Crippen molar-refractivity contribution in [1.82, 2.24) is 9.78 Å². The summed E-state index contributed by atoms with van der Waals surface area (Å²) in [7, 11) is 1.79. The maximum Gasteiger partial charge on any atom is 0.135 e. The van der Waals surface area contributed by atoms with Crippen molar-refractivity contribution < 1.29 is 0 Å². The van der Waals surface area contributed by atoms with Crippen molar-refractivity contribution in [2.45, 2.75) is 0 Å². The van der Waals surface area contributed by atoms with Gasteiger partial charge in [0.1, 0.15) is 5.82 Å². The number of rotatable bonds is 0. The average molecular weight is 212 g/mol. The second kappa shape index (κ2) is 3.08. The smallest absolute Gasteiger partial charge is 0.135 e. The molecule has 9 heavy (non-hydrogen) atoms. The number of nitrogens with zero attached hydrogens (tertiary/aromatic N) is 2. The van der Waals surface area contributed by atoms with E-state index in [4.69, 9.17) is 5.73 Å². The van der Waals surface area contributed by atoms with Crippen molar-refractivity contribution in [2.24, 2.45) is 7.05 Å². The Morgan fingerprint density at radius 1 is 1.78 bits per heavy atom. The van der Waals surface area contributed by atoms with Crippen molar-refractivity contribution in [2.75, 3.05) is 5.73 Å². The molecule has 3 nitrogen and oxygen atoms in total. The van der Waals surface area contributed by atoms with Crippen LogP contribution in [0.5, 0.6) is 0 Å². The van der Waals surface area contributed by atoms with Crippen molar-refractivity contribution >= 4 is 34.2 Å². The monoisotopic (exact) mass is 211 g/mol. The fourth-order valence-electron chi connectivity index (χ4n) is 0.420. The Balaban J connectivity index is 0.000000640. The zero-order valence-electron chi connectivity index (χ0n) is 4.84. The van der Waals surface area contributed by atoms with Crippen LogP contribution in [0.4, 0.5) is 5.82 Å². The van der Waals surface area contributed by atoms with Crippen molar-refractivity contribution in [3.63, 3.8) is 0 Å². The van der Waals surface area contributed by atoms with Crippen LogP contribution in [0.25, 0.3) is 0 Å². The Morgan fingerprint density at radius 2 is 2.33 bits per heavy atom. The summed E-state index contributed by atoms with van der Waals surface area (Å²) in [6, 6.07) is 0. The second-order valence-corrected chi connectivity index (χ2v) is 2.36. The minimum atomic E-state index is 0. The average Bonchev–Trinajstić information content (AvgIpc) is 1.98. The Labute approximate surface area is 67.8 Å². The van der Waals surface area contributed by atoms with E-state index in [0.717, 1.165) is 4.47 Å². The van der Waals surface area contributed by atoms with E-state index in [1.807, 2.05) is 0 Å². The first-order valence-corrected chi connectivity index (χ1v) is 2.94. The lowest BCUT2D eigenvalue weighted by atomic mass is 10.7. The molecule has 0 bridgehead atoms. The van der Waals surface area contributed by atoms with E-state index in [2.05, 4.69) is 21.0 Å². The number of aryl methyl sites for hydroxylation is 1. The molecule has 0 saturated heterocycles. The van der Waals surface area contributed by atoms with Crippen molar-refractivity contribution in [1.29, 1.82) is 0 Å². The van der Waals surface area contributed by atoms with Crippen molar-refractivity contribution in [3.05, 3.63) is 10.7 Å². The Morgan fingerprint density at radius 3 is 2.44 bits per heavy atom. The quantitative estimate of drug-likeness (QED) is 0.702. The van der Waals surface area contributed by atoms with Gasteiger partial charge in [0.05, 0.1) is 10.7 Å². The molecule has 1 aromatic rings. The molecule has 0 amide bonds. The van der Waals surface area contributed by atoms with Gasteiger partial charge in [-0.3, -0.25) is 4.68 Å². The number of halogens is 2. The lowest BCUT2D eigenvalue weighted by Crippen LogP contribution is -1.96. The molecule has 0 atom stereocenters. The fraction of sp³-hybridized carbons (Fsp3) is 0.250. The van der Waals surface area contributed by atoms with Crippen LogP contribution in [0.3, 0.4) is 0 Å². The summed E-state index contributed by atoms with van der Waals surface area (Å²) >= 11 is 3.21. The second-order valence-electron chi connectivity index (χ2n) is 1.50. The van der Waals surface area contributed by atoms with E-state index < -0.39 is 0 Å². The van der Waals surface area contributed by atoms with Gasteiger partial charge in [-0.05, 0) is 15.9 Å². The normalized spacial score (nSPS) is 8.67. The number of nitrogens with two attached hydrogens (primary N) is 1. The largest absolute Gasteiger partial charge is 0.383 e. The summed E-state index contributed by atoms with van der Waals surface area (Å²) < 4.78 is 2.45. The van der Waals surface area contributed by atoms with Crippen LogP contribution in [0.15, 0.2) is 10.7 Å². The molecule has 2 N–H and O–H groups in total. The minimum Gasteiger partial charge on any atom is -0.383 e. The Bertz CT molecular complexity index is 178. The Kier molecular flexibility index (Phi) is 3.00. The summed E-state index contributed by atoms with van der Waals surface area (Å²) in [5, 5.41) is 3.86. The molecule has 1 heterocycles. The van der Waals surface area contributed by atoms with Gasteiger partial charge in [0.15, 0.2) is 0 Å². The van der Waals surface area contributed by atoms with E-state index in [1.165, 1.54) is 0 Å². The predicted octanol–water partition coefficient (Wildman–Crippen LogP) is 1.19. The third-order valence-corrected chi connectivity index (χ3v) is 1.55. The molecule has 0 saturated carbocycles. The maximum atomic E-state index is 5.46. The van der Waals surface area contributed by atoms with E-state index in [-0.39, 0.29) is 12.4 Å². The summed E-state index contributed by atoms with van der Waals surface area (Å²) in [6.07, 6.45) is 1.66. The molecule has 1 rings (SSSR count). The van der Waals surface area contributed by atoms with E-state index >= 15 is 0 Å². The number of hydrogen-bond donors (Lipinski definition) is 1. The van der Waals surface area contributed by atoms with Crippen molar-refractivity contribution in [3.8, 4) is 0 Å². The van der Waals surface area contributed by atoms with Gasteiger partial charge in [-0.25, -0.2) is 0 Å². The van der Waals surface area contributed by atoms with Crippen LogP contribution in [0, 0.1) is 0 Å². The first-order valence-electron chi connectivity index (χ1n) is 2.15. The Hall–Kier alpha value is -0.220. The minimum absolute atomic E-state index is 0. The number of anilines is 1. The molecule has 0 spiro atoms. The van der Waals surface area contributed by atoms with Crippen LogP contribution in [0.2, 0.25) is 0 Å². The molecule has 1 aromatic heterocycles. The van der Waals surface area contributed by atoms with Gasteiger partial charge in [-0.1, -0.05) is 0 Å². The number of hydrogen-bond acceptors (Lipinski definition) is 2. The fourth-order valence-corrected chi connectivity index (χ4v) is 0.768. The van der Waals surface area contributed by atoms with E-state index in [9.17, 15) is 0 Å². The molecule has 52 valence electrons. The van der Waals surface area contributed by atoms with Crippen LogP contribution in [0.1, 0.15) is 0 Å². The zero-order valence-corrected chi connectivity index (χ0v) is 7.24. The standard InChI is InChI=1S/C4H6BrN3.ClH/c1-8-4(6)3(5)2-7-8;/h2H,6H2,1H3;1H. The molecule has 0 aliphatic heterocycles. The van der Waals surface area contributed by atoms with Gasteiger partial charge < -0.3 is 5.73 Å². The molecule has 0 unspecified atom stereocenters. The lowest BCUT2D eigenvalue weighted by molar-refractivity contribution is 0.779. The number of nitrogen functional groups attached to an aromatic ring is 1. The highest BCUT2D eigenvalue weighted by atomic mass is 79.9. The summed E-state index contributed by atoms with van der Waals surface area (Å²) in [6.45, 7) is 0. The van der Waals surface area contributed by atoms with Crippen LogP contribution in [-0.2, 0) is 7.05 Å². The van der Waals surface area contributed by atoms with Crippen LogP contribution < -0.4 is 5.73 Å². The topological polar surface area (TPSA) is 43.8 Å². The van der Waals surface area contributed by atoms with E-state index in [0.29, 0.717) is 5.82 Å². The van der Waals surface area contributed by atoms with Gasteiger partial charge in [0, 0.05) is 7.05 Å². The zero-order chi connectivity index (χ0) is 6.15. The van der Waals surface area contributed by atoms with Crippen LogP contribution in [-0.4, -0.2) is 9.78 Å². The molecular weight excluding hydrogens is 205 g/mol. The maximum absolute atomic E-state index is 5.46. The number of aromatic nitrogens is 2. The molecule has 5 heteroatoms. The van der Waals surface area contributed by atoms with Crippen LogP contribution >= 0.6 is 28.3 Å². The lowest BCUT2D eigenvalue weighted by Gasteiger charge is -1.89. The highest BCUT2D eigenvalue weighted by Crippen LogP contribution is 2.15. The third-order valence-electron chi connectivity index (χ3n) is 0.938. The highest BCUT2D eigenvalue weighted by molar-refractivity contribution is 9.10. The highest BCUT2D eigenvalue weighted by Gasteiger charge is 1.96. The van der Waals surface area contributed by atoms with Gasteiger partial charge in [-0.2, -0.15) is 5.10 Å². The first kappa shape index (κ1) is 8.78. The first-order chi connectivity index (χ1) is 3.72. The molecule has 0 aliphatic rings. The molecule has 0 radical (unpaired) electrons. The summed E-state index contributed by atoms with van der Waals surface area (Å²) in [5.74, 6) is 0.657. The summed E-state index contributed by atoms with van der Waals surface area (Å²) in [5.41, 5.74) is 5.46. The SMILES string of the molecule is Cl.Cn1ncc(Br)c1N. The molecule has 0 aliphatic carbocycles. The third kappa shape index (κ3) is 1.59.